The Morgan fingerprint density at radius 3 is 3.00 bits per heavy atom. The lowest BCUT2D eigenvalue weighted by atomic mass is 9.97. The lowest BCUT2D eigenvalue weighted by Gasteiger charge is -2.21. The van der Waals surface area contributed by atoms with Gasteiger partial charge in [0.05, 0.1) is 18.0 Å². The van der Waals surface area contributed by atoms with E-state index in [9.17, 15) is 0 Å². The van der Waals surface area contributed by atoms with E-state index in [2.05, 4.69) is 9.97 Å². The maximum Gasteiger partial charge on any atom is 0.151 e. The number of H-pyrrole nitrogens is 1. The molecule has 2 heterocycles. The number of nitrogens with two attached hydrogens (primary N) is 1. The van der Waals surface area contributed by atoms with Crippen LogP contribution in [0.1, 0.15) is 25.6 Å². The van der Waals surface area contributed by atoms with Crippen molar-refractivity contribution >= 4 is 0 Å². The Morgan fingerprint density at radius 1 is 1.56 bits per heavy atom. The van der Waals surface area contributed by atoms with Crippen molar-refractivity contribution in [3.05, 3.63) is 30.4 Å². The van der Waals surface area contributed by atoms with E-state index in [4.69, 9.17) is 10.2 Å². The molecule has 1 aliphatic carbocycles. The summed E-state index contributed by atoms with van der Waals surface area (Å²) in [7, 11) is 0. The standard InChI is InChI=1S/C12H15N3O/c1-12(13,8-4-5-8)11-14-7-9(15-11)10-3-2-6-16-10/h2-3,6-8H,4-5,13H2,1H3,(H,14,15). The van der Waals surface area contributed by atoms with Crippen LogP contribution in [0.15, 0.2) is 29.0 Å². The molecule has 1 unspecified atom stereocenters. The van der Waals surface area contributed by atoms with E-state index in [1.807, 2.05) is 19.1 Å². The molecule has 4 heteroatoms. The molecule has 1 aliphatic rings. The van der Waals surface area contributed by atoms with Crippen LogP contribution >= 0.6 is 0 Å². The zero-order valence-corrected chi connectivity index (χ0v) is 9.23. The van der Waals surface area contributed by atoms with Crippen LogP contribution in [0.3, 0.4) is 0 Å². The lowest BCUT2D eigenvalue weighted by molar-refractivity contribution is 0.404. The summed E-state index contributed by atoms with van der Waals surface area (Å²) in [6, 6.07) is 3.76. The minimum absolute atomic E-state index is 0.342. The van der Waals surface area contributed by atoms with Crippen LogP contribution in [0, 0.1) is 5.92 Å². The van der Waals surface area contributed by atoms with Crippen molar-refractivity contribution in [1.82, 2.24) is 9.97 Å². The van der Waals surface area contributed by atoms with Crippen molar-refractivity contribution in [2.45, 2.75) is 25.3 Å². The summed E-state index contributed by atoms with van der Waals surface area (Å²) in [5.41, 5.74) is 6.83. The van der Waals surface area contributed by atoms with Crippen LogP contribution in [-0.2, 0) is 5.54 Å². The Labute approximate surface area is 93.9 Å². The number of aromatic nitrogens is 2. The molecule has 2 aromatic rings. The van der Waals surface area contributed by atoms with E-state index in [0.717, 1.165) is 17.3 Å². The molecule has 1 fully saturated rings. The number of nitrogens with one attached hydrogen (secondary N) is 1. The fraction of sp³-hybridized carbons (Fsp3) is 0.417. The average molecular weight is 217 g/mol. The fourth-order valence-corrected chi connectivity index (χ4v) is 2.03. The van der Waals surface area contributed by atoms with Crippen molar-refractivity contribution < 1.29 is 4.42 Å². The first-order valence-corrected chi connectivity index (χ1v) is 5.56. The van der Waals surface area contributed by atoms with Crippen molar-refractivity contribution in [1.29, 1.82) is 0 Å². The van der Waals surface area contributed by atoms with Gasteiger partial charge in [0.15, 0.2) is 5.76 Å². The Hall–Kier alpha value is -1.55. The van der Waals surface area contributed by atoms with Gasteiger partial charge in [0.25, 0.3) is 0 Å². The molecule has 0 radical (unpaired) electrons. The molecule has 0 spiro atoms. The molecule has 0 aliphatic heterocycles. The molecule has 0 aromatic carbocycles. The Morgan fingerprint density at radius 2 is 2.38 bits per heavy atom. The summed E-state index contributed by atoms with van der Waals surface area (Å²) in [4.78, 5) is 7.61. The third-order valence-electron chi connectivity index (χ3n) is 3.30. The molecule has 0 bridgehead atoms. The Balaban J connectivity index is 1.93. The second-order valence-corrected chi connectivity index (χ2v) is 4.68. The molecule has 1 saturated carbocycles. The van der Waals surface area contributed by atoms with Crippen LogP contribution in [-0.4, -0.2) is 9.97 Å². The quantitative estimate of drug-likeness (QED) is 0.828. The highest BCUT2D eigenvalue weighted by Gasteiger charge is 2.41. The monoisotopic (exact) mass is 217 g/mol. The number of aromatic amines is 1. The second-order valence-electron chi connectivity index (χ2n) is 4.68. The van der Waals surface area contributed by atoms with Gasteiger partial charge in [0.2, 0.25) is 0 Å². The molecule has 0 amide bonds. The largest absolute Gasteiger partial charge is 0.463 e. The molecule has 84 valence electrons. The first-order valence-electron chi connectivity index (χ1n) is 5.56. The second kappa shape index (κ2) is 3.22. The van der Waals surface area contributed by atoms with Gasteiger partial charge in [-0.2, -0.15) is 0 Å². The van der Waals surface area contributed by atoms with Gasteiger partial charge in [0.1, 0.15) is 11.5 Å². The van der Waals surface area contributed by atoms with Crippen LogP contribution in [0.2, 0.25) is 0 Å². The first-order chi connectivity index (χ1) is 7.68. The summed E-state index contributed by atoms with van der Waals surface area (Å²) < 4.78 is 5.31. The van der Waals surface area contributed by atoms with Crippen molar-refractivity contribution in [2.24, 2.45) is 11.7 Å². The summed E-state index contributed by atoms with van der Waals surface area (Å²) in [6.45, 7) is 2.04. The van der Waals surface area contributed by atoms with E-state index < -0.39 is 0 Å². The maximum absolute atomic E-state index is 6.29. The Bertz CT molecular complexity index is 480. The van der Waals surface area contributed by atoms with E-state index >= 15 is 0 Å². The van der Waals surface area contributed by atoms with Gasteiger partial charge in [-0.15, -0.1) is 0 Å². The highest BCUT2D eigenvalue weighted by Crippen LogP contribution is 2.43. The van der Waals surface area contributed by atoms with Crippen molar-refractivity contribution in [2.75, 3.05) is 0 Å². The van der Waals surface area contributed by atoms with Gasteiger partial charge in [-0.05, 0) is 37.8 Å². The summed E-state index contributed by atoms with van der Waals surface area (Å²) in [5.74, 6) is 2.20. The van der Waals surface area contributed by atoms with Gasteiger partial charge in [0, 0.05) is 0 Å². The van der Waals surface area contributed by atoms with Gasteiger partial charge in [-0.1, -0.05) is 0 Å². The number of imidazole rings is 1. The van der Waals surface area contributed by atoms with E-state index in [-0.39, 0.29) is 5.54 Å². The number of hydrogen-bond donors (Lipinski definition) is 2. The number of furan rings is 1. The minimum Gasteiger partial charge on any atom is -0.463 e. The van der Waals surface area contributed by atoms with Gasteiger partial charge < -0.3 is 15.1 Å². The molecule has 3 rings (SSSR count). The highest BCUT2D eigenvalue weighted by atomic mass is 16.3. The fourth-order valence-electron chi connectivity index (χ4n) is 2.03. The van der Waals surface area contributed by atoms with Gasteiger partial charge in [-0.3, -0.25) is 0 Å². The highest BCUT2D eigenvalue weighted by molar-refractivity contribution is 5.50. The number of nitrogens with zero attached hydrogens (tertiary/aromatic N) is 1. The zero-order chi connectivity index (χ0) is 11.2. The SMILES string of the molecule is CC(N)(c1ncc(-c2ccco2)[nH]1)C1CC1. The van der Waals surface area contributed by atoms with Gasteiger partial charge >= 0.3 is 0 Å². The number of rotatable bonds is 3. The molecular formula is C12H15N3O. The molecule has 2 aromatic heterocycles. The van der Waals surface area contributed by atoms with E-state index in [0.29, 0.717) is 5.92 Å². The molecule has 0 saturated heterocycles. The van der Waals surface area contributed by atoms with Gasteiger partial charge in [-0.25, -0.2) is 4.98 Å². The summed E-state index contributed by atoms with van der Waals surface area (Å²) in [6.07, 6.45) is 5.83. The van der Waals surface area contributed by atoms with E-state index in [1.165, 1.54) is 12.8 Å². The van der Waals surface area contributed by atoms with Crippen LogP contribution in [0.5, 0.6) is 0 Å². The first kappa shape index (κ1) is 9.66. The predicted octanol–water partition coefficient (Wildman–Crippen LogP) is 2.25. The number of hydrogen-bond acceptors (Lipinski definition) is 3. The summed E-state index contributed by atoms with van der Waals surface area (Å²) >= 11 is 0. The predicted molar refractivity (Wildman–Crippen MR) is 60.6 cm³/mol. The van der Waals surface area contributed by atoms with E-state index in [1.54, 1.807) is 12.5 Å². The summed E-state index contributed by atoms with van der Waals surface area (Å²) in [5, 5.41) is 0. The Kier molecular flexibility index (Phi) is 1.94. The third-order valence-corrected chi connectivity index (χ3v) is 3.30. The molecular weight excluding hydrogens is 202 g/mol. The third kappa shape index (κ3) is 1.46. The topological polar surface area (TPSA) is 67.8 Å². The van der Waals surface area contributed by atoms with Crippen LogP contribution < -0.4 is 5.73 Å². The normalized spacial score (nSPS) is 19.6. The van der Waals surface area contributed by atoms with Crippen LogP contribution in [0.25, 0.3) is 11.5 Å². The minimum atomic E-state index is -0.342. The molecule has 4 nitrogen and oxygen atoms in total. The molecule has 3 N–H and O–H groups in total. The van der Waals surface area contributed by atoms with Crippen molar-refractivity contribution in [3.8, 4) is 11.5 Å². The lowest BCUT2D eigenvalue weighted by Crippen LogP contribution is -2.36. The average Bonchev–Trinajstić information content (AvgIpc) is 2.82. The molecule has 16 heavy (non-hydrogen) atoms. The van der Waals surface area contributed by atoms with Crippen molar-refractivity contribution in [3.63, 3.8) is 0 Å². The zero-order valence-electron chi connectivity index (χ0n) is 9.23. The van der Waals surface area contributed by atoms with Crippen LogP contribution in [0.4, 0.5) is 0 Å². The smallest absolute Gasteiger partial charge is 0.151 e. The maximum atomic E-state index is 6.29. The molecule has 1 atom stereocenters.